The average molecular weight is 240 g/mol. The summed E-state index contributed by atoms with van der Waals surface area (Å²) >= 11 is 0. The number of benzene rings is 2. The second-order valence-corrected chi connectivity index (χ2v) is 3.61. The highest BCUT2D eigenvalue weighted by Gasteiger charge is 2.09. The lowest BCUT2D eigenvalue weighted by Gasteiger charge is -2.10. The molecular weight excluding hydrogens is 228 g/mol. The van der Waals surface area contributed by atoms with Crippen LogP contribution in [0.2, 0.25) is 0 Å². The van der Waals surface area contributed by atoms with Gasteiger partial charge in [0.1, 0.15) is 23.3 Å². The number of nitriles is 1. The fourth-order valence-corrected chi connectivity index (χ4v) is 1.55. The third-order valence-corrected chi connectivity index (χ3v) is 2.43. The molecule has 2 aromatic rings. The van der Waals surface area contributed by atoms with E-state index in [9.17, 15) is 0 Å². The van der Waals surface area contributed by atoms with Gasteiger partial charge in [0.05, 0.1) is 18.4 Å². The van der Waals surface area contributed by atoms with Gasteiger partial charge in [-0.25, -0.2) is 0 Å². The zero-order chi connectivity index (χ0) is 13.0. The molecule has 0 fully saturated rings. The molecule has 0 aliphatic carbocycles. The van der Waals surface area contributed by atoms with E-state index in [2.05, 4.69) is 0 Å². The van der Waals surface area contributed by atoms with Crippen molar-refractivity contribution in [3.05, 3.63) is 48.0 Å². The molecule has 0 bridgehead atoms. The number of nitrogen functional groups attached to an aromatic ring is 1. The zero-order valence-corrected chi connectivity index (χ0v) is 9.88. The zero-order valence-electron chi connectivity index (χ0n) is 9.88. The van der Waals surface area contributed by atoms with Gasteiger partial charge in [-0.1, -0.05) is 18.2 Å². The molecule has 0 aromatic heterocycles. The number of nitrogens with two attached hydrogens (primary N) is 1. The maximum absolute atomic E-state index is 8.99. The highest BCUT2D eigenvalue weighted by Crippen LogP contribution is 2.32. The summed E-state index contributed by atoms with van der Waals surface area (Å²) in [6.45, 7) is 0. The van der Waals surface area contributed by atoms with Crippen molar-refractivity contribution in [1.29, 1.82) is 5.26 Å². The predicted octanol–water partition coefficient (Wildman–Crippen LogP) is 2.94. The van der Waals surface area contributed by atoms with Crippen molar-refractivity contribution in [3.8, 4) is 23.3 Å². The second kappa shape index (κ2) is 5.11. The molecule has 4 nitrogen and oxygen atoms in total. The molecule has 0 saturated heterocycles. The first-order valence-corrected chi connectivity index (χ1v) is 5.35. The minimum Gasteiger partial charge on any atom is -0.494 e. The third kappa shape index (κ3) is 2.36. The summed E-state index contributed by atoms with van der Waals surface area (Å²) in [5.74, 6) is 1.64. The van der Waals surface area contributed by atoms with Crippen molar-refractivity contribution in [1.82, 2.24) is 0 Å². The molecule has 0 atom stereocenters. The van der Waals surface area contributed by atoms with E-state index in [4.69, 9.17) is 20.5 Å². The van der Waals surface area contributed by atoms with Crippen LogP contribution in [0.3, 0.4) is 0 Å². The van der Waals surface area contributed by atoms with Crippen LogP contribution in [0.5, 0.6) is 17.2 Å². The maximum Gasteiger partial charge on any atom is 0.146 e. The van der Waals surface area contributed by atoms with Crippen molar-refractivity contribution >= 4 is 5.69 Å². The molecule has 90 valence electrons. The van der Waals surface area contributed by atoms with E-state index < -0.39 is 0 Å². The largest absolute Gasteiger partial charge is 0.494 e. The summed E-state index contributed by atoms with van der Waals surface area (Å²) in [5.41, 5.74) is 6.42. The van der Waals surface area contributed by atoms with Gasteiger partial charge in [-0.15, -0.1) is 0 Å². The number of nitrogens with zero attached hydrogens (tertiary/aromatic N) is 1. The van der Waals surface area contributed by atoms with Crippen LogP contribution in [0.25, 0.3) is 0 Å². The number of ether oxygens (including phenoxy) is 2. The number of hydrogen-bond acceptors (Lipinski definition) is 4. The molecule has 2 aromatic carbocycles. The van der Waals surface area contributed by atoms with E-state index in [1.807, 2.05) is 36.4 Å². The van der Waals surface area contributed by atoms with Crippen molar-refractivity contribution in [2.45, 2.75) is 0 Å². The highest BCUT2D eigenvalue weighted by molar-refractivity contribution is 5.66. The Labute approximate surface area is 105 Å². The molecule has 2 N–H and O–H groups in total. The highest BCUT2D eigenvalue weighted by atomic mass is 16.5. The number of methoxy groups -OCH3 is 1. The standard InChI is InChI=1S/C14H12N2O2/c1-17-13-8-12(7-10(9-15)14(13)16)18-11-5-3-2-4-6-11/h2-8H,16H2,1H3. The van der Waals surface area contributed by atoms with Crippen molar-refractivity contribution in [2.24, 2.45) is 0 Å². The lowest BCUT2D eigenvalue weighted by molar-refractivity contribution is 0.411. The van der Waals surface area contributed by atoms with Crippen molar-refractivity contribution < 1.29 is 9.47 Å². The fraction of sp³-hybridized carbons (Fsp3) is 0.0714. The molecule has 0 aliphatic heterocycles. The van der Waals surface area contributed by atoms with Gasteiger partial charge in [-0.05, 0) is 12.1 Å². The van der Waals surface area contributed by atoms with E-state index >= 15 is 0 Å². The third-order valence-electron chi connectivity index (χ3n) is 2.43. The Balaban J connectivity index is 2.38. The first-order chi connectivity index (χ1) is 8.74. The number of anilines is 1. The monoisotopic (exact) mass is 240 g/mol. The van der Waals surface area contributed by atoms with E-state index in [0.717, 1.165) is 0 Å². The van der Waals surface area contributed by atoms with Crippen LogP contribution in [0.4, 0.5) is 5.69 Å². The topological polar surface area (TPSA) is 68.3 Å². The average Bonchev–Trinajstić information content (AvgIpc) is 2.41. The number of hydrogen-bond donors (Lipinski definition) is 1. The molecular formula is C14H12N2O2. The molecule has 0 amide bonds. The molecule has 2 rings (SSSR count). The van der Waals surface area contributed by atoms with Crippen LogP contribution in [-0.2, 0) is 0 Å². The first kappa shape index (κ1) is 11.8. The van der Waals surface area contributed by atoms with Gasteiger partial charge in [0.25, 0.3) is 0 Å². The van der Waals surface area contributed by atoms with Crippen LogP contribution in [0.15, 0.2) is 42.5 Å². The van der Waals surface area contributed by atoms with Crippen molar-refractivity contribution in [2.75, 3.05) is 12.8 Å². The van der Waals surface area contributed by atoms with Gasteiger partial charge in [-0.2, -0.15) is 5.26 Å². The minimum atomic E-state index is 0.320. The van der Waals surface area contributed by atoms with Crippen LogP contribution in [0, 0.1) is 11.3 Å². The summed E-state index contributed by atoms with van der Waals surface area (Å²) in [6, 6.07) is 14.6. The number of para-hydroxylation sites is 1. The molecule has 0 spiro atoms. The van der Waals surface area contributed by atoms with Crippen molar-refractivity contribution in [3.63, 3.8) is 0 Å². The minimum absolute atomic E-state index is 0.320. The second-order valence-electron chi connectivity index (χ2n) is 3.61. The predicted molar refractivity (Wildman–Crippen MR) is 68.6 cm³/mol. The summed E-state index contributed by atoms with van der Waals surface area (Å²) in [5, 5.41) is 8.99. The molecule has 0 aliphatic rings. The van der Waals surface area contributed by atoms with Crippen LogP contribution in [-0.4, -0.2) is 7.11 Å². The molecule has 4 heteroatoms. The van der Waals surface area contributed by atoms with E-state index in [1.54, 1.807) is 12.1 Å². The Hall–Kier alpha value is -2.67. The first-order valence-electron chi connectivity index (χ1n) is 5.35. The number of rotatable bonds is 3. The van der Waals surface area contributed by atoms with E-state index in [-0.39, 0.29) is 0 Å². The lowest BCUT2D eigenvalue weighted by Crippen LogP contribution is -1.97. The smallest absolute Gasteiger partial charge is 0.146 e. The maximum atomic E-state index is 8.99. The summed E-state index contributed by atoms with van der Waals surface area (Å²) in [4.78, 5) is 0. The van der Waals surface area contributed by atoms with Gasteiger partial charge >= 0.3 is 0 Å². The van der Waals surface area contributed by atoms with Gasteiger partial charge in [0.15, 0.2) is 0 Å². The molecule has 0 radical (unpaired) electrons. The molecule has 18 heavy (non-hydrogen) atoms. The summed E-state index contributed by atoms with van der Waals surface area (Å²) in [6.07, 6.45) is 0. The van der Waals surface area contributed by atoms with Gasteiger partial charge in [-0.3, -0.25) is 0 Å². The quantitative estimate of drug-likeness (QED) is 0.837. The Bertz CT molecular complexity index is 589. The summed E-state index contributed by atoms with van der Waals surface area (Å²) < 4.78 is 10.7. The Morgan fingerprint density at radius 1 is 1.11 bits per heavy atom. The van der Waals surface area contributed by atoms with Gasteiger partial charge in [0, 0.05) is 12.1 Å². The Morgan fingerprint density at radius 2 is 1.83 bits per heavy atom. The fourth-order valence-electron chi connectivity index (χ4n) is 1.55. The molecule has 0 unspecified atom stereocenters. The van der Waals surface area contributed by atoms with Crippen LogP contribution < -0.4 is 15.2 Å². The van der Waals surface area contributed by atoms with Crippen LogP contribution in [0.1, 0.15) is 5.56 Å². The molecule has 0 saturated carbocycles. The Kier molecular flexibility index (Phi) is 3.35. The van der Waals surface area contributed by atoms with Crippen LogP contribution >= 0.6 is 0 Å². The lowest BCUT2D eigenvalue weighted by atomic mass is 10.1. The van der Waals surface area contributed by atoms with E-state index in [1.165, 1.54) is 7.11 Å². The van der Waals surface area contributed by atoms with Gasteiger partial charge in [0.2, 0.25) is 0 Å². The summed E-state index contributed by atoms with van der Waals surface area (Å²) in [7, 11) is 1.50. The SMILES string of the molecule is COc1cc(Oc2ccccc2)cc(C#N)c1N. The van der Waals surface area contributed by atoms with E-state index in [0.29, 0.717) is 28.5 Å². The molecule has 0 heterocycles. The normalized spacial score (nSPS) is 9.56. The Morgan fingerprint density at radius 3 is 2.44 bits per heavy atom. The van der Waals surface area contributed by atoms with Gasteiger partial charge < -0.3 is 15.2 Å².